The number of halogens is 1. The Kier molecular flexibility index (Phi) is 4.40. The molecule has 1 heterocycles. The van der Waals surface area contributed by atoms with E-state index in [0.717, 1.165) is 9.87 Å². The minimum absolute atomic E-state index is 0.0355. The molecule has 126 valence electrons. The molecule has 24 heavy (non-hydrogen) atoms. The maximum absolute atomic E-state index is 13.1. The highest BCUT2D eigenvalue weighted by Crippen LogP contribution is 2.40. The van der Waals surface area contributed by atoms with Gasteiger partial charge in [-0.3, -0.25) is 0 Å². The van der Waals surface area contributed by atoms with E-state index in [1.54, 1.807) is 36.4 Å². The highest BCUT2D eigenvalue weighted by Gasteiger charge is 2.54. The number of nitrogens with zero attached hydrogens (tertiary/aromatic N) is 1. The summed E-state index contributed by atoms with van der Waals surface area (Å²) in [6.45, 7) is 1.83. The van der Waals surface area contributed by atoms with E-state index < -0.39 is 21.7 Å². The number of hydrogen-bond donors (Lipinski definition) is 0. The standard InChI is InChI=1S/C17H16BrNO4S/c1-13-7-9-15(10-8-13)24(21,22)19-16(20)23-12-17(19,11-18)14-5-3-2-4-6-14/h2-10H,11-12H2,1H3. The lowest BCUT2D eigenvalue weighted by atomic mass is 9.94. The third-order valence-electron chi connectivity index (χ3n) is 4.08. The normalized spacial score (nSPS) is 20.9. The summed E-state index contributed by atoms with van der Waals surface area (Å²) in [5.41, 5.74) is 0.526. The van der Waals surface area contributed by atoms with E-state index in [-0.39, 0.29) is 16.8 Å². The van der Waals surface area contributed by atoms with E-state index in [0.29, 0.717) is 5.56 Å². The quantitative estimate of drug-likeness (QED) is 0.725. The van der Waals surface area contributed by atoms with Crippen LogP contribution in [0.3, 0.4) is 0 Å². The molecule has 0 radical (unpaired) electrons. The van der Waals surface area contributed by atoms with Crippen LogP contribution in [0.1, 0.15) is 11.1 Å². The van der Waals surface area contributed by atoms with E-state index in [2.05, 4.69) is 15.9 Å². The average Bonchev–Trinajstić information content (AvgIpc) is 2.94. The number of benzene rings is 2. The first-order valence-corrected chi connectivity index (χ1v) is 9.88. The molecule has 3 rings (SSSR count). The van der Waals surface area contributed by atoms with Gasteiger partial charge in [-0.2, -0.15) is 4.31 Å². The number of sulfonamides is 1. The molecule has 0 saturated carbocycles. The van der Waals surface area contributed by atoms with Crippen LogP contribution in [0, 0.1) is 6.92 Å². The lowest BCUT2D eigenvalue weighted by Crippen LogP contribution is -2.49. The zero-order chi connectivity index (χ0) is 17.4. The second-order valence-corrected chi connectivity index (χ2v) is 8.02. The van der Waals surface area contributed by atoms with Gasteiger partial charge in [-0.25, -0.2) is 13.2 Å². The van der Waals surface area contributed by atoms with Gasteiger partial charge in [0.2, 0.25) is 0 Å². The lowest BCUT2D eigenvalue weighted by Gasteiger charge is -2.33. The summed E-state index contributed by atoms with van der Waals surface area (Å²) in [7, 11) is -4.04. The highest BCUT2D eigenvalue weighted by atomic mass is 79.9. The fourth-order valence-electron chi connectivity index (χ4n) is 2.74. The van der Waals surface area contributed by atoms with Crippen molar-refractivity contribution in [3.05, 3.63) is 65.7 Å². The van der Waals surface area contributed by atoms with Gasteiger partial charge in [-0.15, -0.1) is 0 Å². The van der Waals surface area contributed by atoms with Crippen molar-refractivity contribution >= 4 is 32.0 Å². The van der Waals surface area contributed by atoms with E-state index in [9.17, 15) is 13.2 Å². The van der Waals surface area contributed by atoms with Gasteiger partial charge < -0.3 is 4.74 Å². The summed E-state index contributed by atoms with van der Waals surface area (Å²) in [5.74, 6) is 0. The van der Waals surface area contributed by atoms with Crippen molar-refractivity contribution in [2.75, 3.05) is 11.9 Å². The minimum atomic E-state index is -4.04. The molecule has 2 aromatic rings. The molecular weight excluding hydrogens is 394 g/mol. The molecule has 5 nitrogen and oxygen atoms in total. The number of aryl methyl sites for hydroxylation is 1. The monoisotopic (exact) mass is 409 g/mol. The van der Waals surface area contributed by atoms with Crippen molar-refractivity contribution in [2.45, 2.75) is 17.4 Å². The fourth-order valence-corrected chi connectivity index (χ4v) is 5.26. The molecule has 1 amide bonds. The number of cyclic esters (lactones) is 1. The molecule has 1 atom stereocenters. The number of carbonyl (C=O) groups is 1. The van der Waals surface area contributed by atoms with Crippen molar-refractivity contribution in [1.82, 2.24) is 4.31 Å². The van der Waals surface area contributed by atoms with Gasteiger partial charge in [0.15, 0.2) is 0 Å². The van der Waals surface area contributed by atoms with Gasteiger partial charge in [0, 0.05) is 5.33 Å². The first kappa shape index (κ1) is 17.0. The van der Waals surface area contributed by atoms with Crippen LogP contribution in [0.5, 0.6) is 0 Å². The van der Waals surface area contributed by atoms with Gasteiger partial charge in [-0.05, 0) is 24.6 Å². The second-order valence-electron chi connectivity index (χ2n) is 5.67. The van der Waals surface area contributed by atoms with Crippen molar-refractivity contribution in [2.24, 2.45) is 0 Å². The van der Waals surface area contributed by atoms with Crippen LogP contribution in [0.2, 0.25) is 0 Å². The Balaban J connectivity index is 2.16. The molecule has 0 aliphatic carbocycles. The van der Waals surface area contributed by atoms with Crippen molar-refractivity contribution in [3.8, 4) is 0 Å². The zero-order valence-corrected chi connectivity index (χ0v) is 15.4. The maximum atomic E-state index is 13.1. The van der Waals surface area contributed by atoms with Crippen LogP contribution in [-0.4, -0.2) is 30.8 Å². The molecule has 1 aliphatic rings. The van der Waals surface area contributed by atoms with Crippen LogP contribution < -0.4 is 0 Å². The minimum Gasteiger partial charge on any atom is -0.446 e. The predicted molar refractivity (Wildman–Crippen MR) is 93.5 cm³/mol. The number of alkyl halides is 1. The summed E-state index contributed by atoms with van der Waals surface area (Å²) >= 11 is 3.38. The summed E-state index contributed by atoms with van der Waals surface area (Å²) in [6.07, 6.45) is -0.862. The van der Waals surface area contributed by atoms with E-state index >= 15 is 0 Å². The first-order chi connectivity index (χ1) is 11.4. The number of amides is 1. The first-order valence-electron chi connectivity index (χ1n) is 7.32. The van der Waals surface area contributed by atoms with Crippen LogP contribution in [-0.2, 0) is 20.3 Å². The molecule has 2 aromatic carbocycles. The smallest absolute Gasteiger partial charge is 0.424 e. The second kappa shape index (κ2) is 6.22. The average molecular weight is 410 g/mol. The summed E-state index contributed by atoms with van der Waals surface area (Å²) in [4.78, 5) is 12.4. The van der Waals surface area contributed by atoms with Crippen LogP contribution in [0.15, 0.2) is 59.5 Å². The van der Waals surface area contributed by atoms with Crippen LogP contribution in [0.25, 0.3) is 0 Å². The van der Waals surface area contributed by atoms with Gasteiger partial charge in [0.1, 0.15) is 12.1 Å². The molecule has 0 bridgehead atoms. The molecule has 1 fully saturated rings. The molecule has 7 heteroatoms. The van der Waals surface area contributed by atoms with Crippen molar-refractivity contribution in [3.63, 3.8) is 0 Å². The molecule has 0 spiro atoms. The molecule has 1 unspecified atom stereocenters. The van der Waals surface area contributed by atoms with E-state index in [1.165, 1.54) is 12.1 Å². The number of hydrogen-bond acceptors (Lipinski definition) is 4. The van der Waals surface area contributed by atoms with E-state index in [4.69, 9.17) is 4.74 Å². The summed E-state index contributed by atoms with van der Waals surface area (Å²) in [5, 5.41) is 0.237. The Labute approximate surface area is 149 Å². The van der Waals surface area contributed by atoms with Gasteiger partial charge in [-0.1, -0.05) is 64.0 Å². The molecule has 1 saturated heterocycles. The summed E-state index contributed by atoms with van der Waals surface area (Å²) in [6, 6.07) is 15.4. The van der Waals surface area contributed by atoms with Crippen molar-refractivity contribution in [1.29, 1.82) is 0 Å². The predicted octanol–water partition coefficient (Wildman–Crippen LogP) is 3.43. The third-order valence-corrected chi connectivity index (χ3v) is 6.86. The zero-order valence-electron chi connectivity index (χ0n) is 13.0. The Bertz CT molecular complexity index is 852. The number of ether oxygens (including phenoxy) is 1. The maximum Gasteiger partial charge on any atom is 0.424 e. The summed E-state index contributed by atoms with van der Waals surface area (Å²) < 4.78 is 32.2. The lowest BCUT2D eigenvalue weighted by molar-refractivity contribution is 0.169. The fraction of sp³-hybridized carbons (Fsp3) is 0.235. The Hall–Kier alpha value is -1.86. The topological polar surface area (TPSA) is 63.7 Å². The largest absolute Gasteiger partial charge is 0.446 e. The Morgan fingerprint density at radius 2 is 1.75 bits per heavy atom. The Morgan fingerprint density at radius 3 is 2.33 bits per heavy atom. The van der Waals surface area contributed by atoms with Crippen LogP contribution in [0.4, 0.5) is 4.79 Å². The molecular formula is C17H16BrNO4S. The Morgan fingerprint density at radius 1 is 1.12 bits per heavy atom. The number of rotatable bonds is 4. The van der Waals surface area contributed by atoms with Gasteiger partial charge >= 0.3 is 6.09 Å². The number of carbonyl (C=O) groups excluding carboxylic acids is 1. The van der Waals surface area contributed by atoms with Gasteiger partial charge in [0.25, 0.3) is 10.0 Å². The van der Waals surface area contributed by atoms with Gasteiger partial charge in [0.05, 0.1) is 4.90 Å². The third kappa shape index (κ3) is 2.61. The molecule has 0 aromatic heterocycles. The molecule has 1 aliphatic heterocycles. The SMILES string of the molecule is Cc1ccc(S(=O)(=O)N2C(=O)OCC2(CBr)c2ccccc2)cc1. The van der Waals surface area contributed by atoms with Crippen LogP contribution >= 0.6 is 15.9 Å². The highest BCUT2D eigenvalue weighted by molar-refractivity contribution is 9.09. The van der Waals surface area contributed by atoms with E-state index in [1.807, 2.05) is 13.0 Å². The van der Waals surface area contributed by atoms with Crippen molar-refractivity contribution < 1.29 is 17.9 Å². The molecule has 0 N–H and O–H groups in total.